The van der Waals surface area contributed by atoms with Crippen LogP contribution in [0.4, 0.5) is 23.4 Å². The number of hydrogen-bond acceptors (Lipinski definition) is 9. The molecule has 264 valence electrons. The van der Waals surface area contributed by atoms with E-state index in [0.717, 1.165) is 29.9 Å². The molecule has 0 saturated carbocycles. The Morgan fingerprint density at radius 1 is 1.04 bits per heavy atom. The molecule has 0 spiro atoms. The molecule has 1 aliphatic carbocycles. The Morgan fingerprint density at radius 3 is 2.63 bits per heavy atom. The van der Waals surface area contributed by atoms with E-state index in [1.165, 1.54) is 36.6 Å². The lowest BCUT2D eigenvalue weighted by Gasteiger charge is -2.18. The van der Waals surface area contributed by atoms with Crippen LogP contribution in [0.3, 0.4) is 0 Å². The molecule has 1 unspecified atom stereocenters. The molecule has 2 aromatic carbocycles. The molecular formula is C38H30F4N6O3S. The van der Waals surface area contributed by atoms with E-state index >= 15 is 8.78 Å². The number of halogens is 4. The molecule has 4 atom stereocenters. The Kier molecular flexibility index (Phi) is 7.75. The number of aromatic nitrogens is 4. The molecule has 6 aromatic rings. The second kappa shape index (κ2) is 12.4. The maximum atomic E-state index is 15.7. The highest BCUT2D eigenvalue weighted by atomic mass is 32.1. The molecule has 1 N–H and O–H groups in total. The van der Waals surface area contributed by atoms with Crippen LogP contribution in [0, 0.1) is 18.6 Å². The minimum Gasteiger partial charge on any atom is -0.493 e. The van der Waals surface area contributed by atoms with E-state index in [4.69, 9.17) is 14.1 Å². The number of benzene rings is 2. The van der Waals surface area contributed by atoms with Crippen molar-refractivity contribution in [3.05, 3.63) is 106 Å². The lowest BCUT2D eigenvalue weighted by molar-refractivity contribution is 0.0776. The normalized spacial score (nSPS) is 20.4. The smallest absolute Gasteiger partial charge is 0.257 e. The lowest BCUT2D eigenvalue weighted by atomic mass is 9.93. The number of nitrogens with zero attached hydrogens (tertiary/aromatic N) is 5. The van der Waals surface area contributed by atoms with E-state index in [0.29, 0.717) is 68.8 Å². The van der Waals surface area contributed by atoms with Crippen molar-refractivity contribution in [1.82, 2.24) is 25.1 Å². The van der Waals surface area contributed by atoms with Gasteiger partial charge in [-0.15, -0.1) is 21.5 Å². The van der Waals surface area contributed by atoms with Gasteiger partial charge in [-0.3, -0.25) is 9.78 Å². The maximum absolute atomic E-state index is 15.7. The third-order valence-corrected chi connectivity index (χ3v) is 11.4. The van der Waals surface area contributed by atoms with E-state index in [1.54, 1.807) is 31.3 Å². The predicted molar refractivity (Wildman–Crippen MR) is 186 cm³/mol. The number of amides is 1. The summed E-state index contributed by atoms with van der Waals surface area (Å²) in [5.41, 5.74) is 3.96. The van der Waals surface area contributed by atoms with Crippen molar-refractivity contribution < 1.29 is 31.5 Å². The quantitative estimate of drug-likeness (QED) is 0.156. The van der Waals surface area contributed by atoms with Crippen molar-refractivity contribution in [2.75, 3.05) is 19.0 Å². The van der Waals surface area contributed by atoms with Gasteiger partial charge in [0.2, 0.25) is 11.8 Å². The van der Waals surface area contributed by atoms with E-state index in [1.807, 2.05) is 11.0 Å². The first-order chi connectivity index (χ1) is 25.2. The molecule has 6 heterocycles. The molecule has 9 nitrogen and oxygen atoms in total. The van der Waals surface area contributed by atoms with E-state index in [9.17, 15) is 13.6 Å². The Labute approximate surface area is 298 Å². The van der Waals surface area contributed by atoms with Crippen LogP contribution < -0.4 is 10.1 Å². The molecule has 3 aliphatic rings. The van der Waals surface area contributed by atoms with E-state index < -0.39 is 24.2 Å². The molecule has 2 aliphatic heterocycles. The summed E-state index contributed by atoms with van der Waals surface area (Å²) in [7, 11) is 1.22. The van der Waals surface area contributed by atoms with E-state index in [-0.39, 0.29) is 40.5 Å². The number of ether oxygens (including phenoxy) is 1. The first kappa shape index (κ1) is 32.5. The first-order valence-corrected chi connectivity index (χ1v) is 17.8. The number of methoxy groups -OCH3 is 1. The first-order valence-electron chi connectivity index (χ1n) is 16.9. The monoisotopic (exact) mass is 726 g/mol. The summed E-state index contributed by atoms with van der Waals surface area (Å²) in [6, 6.07) is 11.2. The molecular weight excluding hydrogens is 697 g/mol. The number of carbonyl (C=O) groups is 1. The number of anilines is 1. The average molecular weight is 727 g/mol. The minimum absolute atomic E-state index is 0.130. The number of thiophene rings is 1. The van der Waals surface area contributed by atoms with Crippen molar-refractivity contribution in [3.63, 3.8) is 0 Å². The number of hydrogen-bond donors (Lipinski definition) is 1. The number of carbonyl (C=O) groups excluding carboxylic acids is 1. The lowest BCUT2D eigenvalue weighted by Crippen LogP contribution is -2.22. The number of rotatable bonds is 8. The Hall–Kier alpha value is -5.37. The zero-order valence-corrected chi connectivity index (χ0v) is 28.7. The van der Waals surface area contributed by atoms with Gasteiger partial charge in [0.15, 0.2) is 23.9 Å². The third-order valence-electron chi connectivity index (χ3n) is 10.2. The van der Waals surface area contributed by atoms with Gasteiger partial charge in [0, 0.05) is 35.7 Å². The zero-order valence-electron chi connectivity index (χ0n) is 27.9. The topological polar surface area (TPSA) is 106 Å². The molecule has 1 saturated heterocycles. The van der Waals surface area contributed by atoms with Gasteiger partial charge in [-0.2, -0.15) is 0 Å². The Morgan fingerprint density at radius 2 is 1.87 bits per heavy atom. The van der Waals surface area contributed by atoms with Gasteiger partial charge in [0.1, 0.15) is 11.6 Å². The number of nitrogens with one attached hydrogen (secondary N) is 1. The van der Waals surface area contributed by atoms with Crippen LogP contribution in [0.1, 0.15) is 75.4 Å². The average Bonchev–Trinajstić information content (AvgIpc) is 3.97. The summed E-state index contributed by atoms with van der Waals surface area (Å²) in [5.74, 6) is -0.701. The van der Waals surface area contributed by atoms with Crippen LogP contribution >= 0.6 is 11.3 Å². The van der Waals surface area contributed by atoms with Crippen molar-refractivity contribution >= 4 is 33.1 Å². The molecule has 0 bridgehead atoms. The van der Waals surface area contributed by atoms with E-state index in [2.05, 4.69) is 20.5 Å². The Bertz CT molecular complexity index is 2400. The van der Waals surface area contributed by atoms with Gasteiger partial charge < -0.3 is 19.4 Å². The highest BCUT2D eigenvalue weighted by molar-refractivity contribution is 7.23. The maximum Gasteiger partial charge on any atom is 0.257 e. The summed E-state index contributed by atoms with van der Waals surface area (Å²) in [5, 5.41) is 12.3. The standard InChI is InChI=1S/C38H30F4N6O3S/c1-17-46-47-37(51-17)27-23(12-7-18-5-8-20(39)9-6-18)44-33-24-4-3-15-48(24)38(49)29(33)28(27)25-16-19-13-14-43-36(35(19)52-25)45-32-21-10-11-22(40)34(50-2)26(21)30(41)31(32)42/h5-6,8-11,13-14,16,24,30-32H,3-4,7,12,15H2,1-2H3,(H,43,45)/t24?,30-,31+,32+/m0/s1. The van der Waals surface area contributed by atoms with Crippen molar-refractivity contribution in [2.24, 2.45) is 0 Å². The predicted octanol–water partition coefficient (Wildman–Crippen LogP) is 8.59. The summed E-state index contributed by atoms with van der Waals surface area (Å²) >= 11 is 1.33. The van der Waals surface area contributed by atoms with Gasteiger partial charge in [-0.1, -0.05) is 18.2 Å². The fraction of sp³-hybridized carbons (Fsp3) is 0.289. The van der Waals surface area contributed by atoms with Gasteiger partial charge in [-0.05, 0) is 72.5 Å². The van der Waals surface area contributed by atoms with Crippen LogP contribution in [0.15, 0.2) is 59.1 Å². The van der Waals surface area contributed by atoms with Crippen LogP contribution in [0.25, 0.3) is 32.0 Å². The fourth-order valence-electron chi connectivity index (χ4n) is 7.87. The number of aryl methyl sites for hydroxylation is 3. The van der Waals surface area contributed by atoms with Gasteiger partial charge in [0.05, 0.1) is 46.4 Å². The van der Waals surface area contributed by atoms with Gasteiger partial charge >= 0.3 is 0 Å². The molecule has 0 radical (unpaired) electrons. The highest BCUT2D eigenvalue weighted by Crippen LogP contribution is 2.52. The van der Waals surface area contributed by atoms with Crippen LogP contribution in [-0.2, 0) is 12.8 Å². The highest BCUT2D eigenvalue weighted by Gasteiger charge is 2.46. The van der Waals surface area contributed by atoms with Crippen LogP contribution in [0.2, 0.25) is 0 Å². The molecule has 4 aromatic heterocycles. The largest absolute Gasteiger partial charge is 0.493 e. The minimum atomic E-state index is -2.11. The second-order valence-electron chi connectivity index (χ2n) is 13.2. The zero-order chi connectivity index (χ0) is 35.8. The summed E-state index contributed by atoms with van der Waals surface area (Å²) < 4.78 is 71.0. The molecule has 1 fully saturated rings. The third kappa shape index (κ3) is 5.06. The number of fused-ring (bicyclic) bond motifs is 5. The van der Waals surface area contributed by atoms with Gasteiger partial charge in [0.25, 0.3) is 5.91 Å². The van der Waals surface area contributed by atoms with Crippen molar-refractivity contribution in [3.8, 4) is 27.6 Å². The SMILES string of the molecule is COc1c(F)ccc2c1[C@H](F)[C@@H](F)[C@@H]2Nc1nccc2cc(-c3c4c(nc(CCc5ccc(F)cc5)c3-c3nnc(C)o3)C3CCCN3C4=O)sc12. The Balaban J connectivity index is 1.20. The molecule has 1 amide bonds. The van der Waals surface area contributed by atoms with Gasteiger partial charge in [-0.25, -0.2) is 22.5 Å². The number of alkyl halides is 2. The van der Waals surface area contributed by atoms with Crippen LogP contribution in [-0.4, -0.2) is 50.8 Å². The molecule has 52 heavy (non-hydrogen) atoms. The fourth-order valence-corrected chi connectivity index (χ4v) is 9.03. The second-order valence-corrected chi connectivity index (χ2v) is 14.3. The van der Waals surface area contributed by atoms with Crippen molar-refractivity contribution in [1.29, 1.82) is 0 Å². The molecule has 9 rings (SSSR count). The summed E-state index contributed by atoms with van der Waals surface area (Å²) in [4.78, 5) is 26.4. The molecule has 14 heteroatoms. The number of pyridine rings is 2. The summed E-state index contributed by atoms with van der Waals surface area (Å²) in [6.45, 7) is 2.30. The van der Waals surface area contributed by atoms with Crippen LogP contribution in [0.5, 0.6) is 5.75 Å². The van der Waals surface area contributed by atoms with Crippen molar-refractivity contribution in [2.45, 2.75) is 57.0 Å². The summed E-state index contributed by atoms with van der Waals surface area (Å²) in [6.07, 6.45) is 0.0502.